The number of methoxy groups -OCH3 is 1. The average molecular weight is 485 g/mol. The van der Waals surface area contributed by atoms with Crippen molar-refractivity contribution < 1.29 is 24.0 Å². The minimum atomic E-state index is -0.300. The van der Waals surface area contributed by atoms with E-state index < -0.39 is 0 Å². The van der Waals surface area contributed by atoms with Crippen molar-refractivity contribution in [1.29, 1.82) is 0 Å². The number of esters is 1. The largest absolute Gasteiger partial charge is 0.465 e. The summed E-state index contributed by atoms with van der Waals surface area (Å²) >= 11 is 0. The van der Waals surface area contributed by atoms with Crippen LogP contribution in [-0.2, 0) is 31.8 Å². The zero-order valence-electron chi connectivity index (χ0n) is 20.9. The van der Waals surface area contributed by atoms with Crippen molar-refractivity contribution in [3.63, 3.8) is 0 Å². The minimum absolute atomic E-state index is 0.00602. The number of nitrogens with one attached hydrogen (secondary N) is 1. The number of hydrogen-bond acceptors (Lipinski definition) is 4. The topological polar surface area (TPSA) is 58.9 Å². The van der Waals surface area contributed by atoms with E-state index in [-0.39, 0.29) is 18.2 Å². The minimum Gasteiger partial charge on any atom is -0.465 e. The van der Waals surface area contributed by atoms with Gasteiger partial charge in [-0.15, -0.1) is 0 Å². The predicted octanol–water partition coefficient (Wildman–Crippen LogP) is 5.54. The van der Waals surface area contributed by atoms with Gasteiger partial charge in [0.15, 0.2) is 18.7 Å². The highest BCUT2D eigenvalue weighted by Crippen LogP contribution is 2.35. The van der Waals surface area contributed by atoms with E-state index in [0.717, 1.165) is 56.4 Å². The van der Waals surface area contributed by atoms with Crippen molar-refractivity contribution in [3.05, 3.63) is 95.3 Å². The summed E-state index contributed by atoms with van der Waals surface area (Å²) in [5, 5.41) is 0. The van der Waals surface area contributed by atoms with Gasteiger partial charge in [0, 0.05) is 18.6 Å². The van der Waals surface area contributed by atoms with Crippen molar-refractivity contribution in [2.45, 2.75) is 50.7 Å². The van der Waals surface area contributed by atoms with Gasteiger partial charge >= 0.3 is 5.97 Å². The summed E-state index contributed by atoms with van der Waals surface area (Å²) in [5.41, 5.74) is 7.60. The van der Waals surface area contributed by atoms with E-state index >= 15 is 0 Å². The first-order valence-electron chi connectivity index (χ1n) is 12.9. The molecule has 5 rings (SSSR count). The quantitative estimate of drug-likeness (QED) is 0.311. The van der Waals surface area contributed by atoms with Gasteiger partial charge in [-0.2, -0.15) is 0 Å². The van der Waals surface area contributed by atoms with Crippen molar-refractivity contribution in [2.75, 3.05) is 20.3 Å². The fourth-order valence-electron chi connectivity index (χ4n) is 5.10. The third-order valence-electron chi connectivity index (χ3n) is 7.14. The molecule has 1 aliphatic carbocycles. The molecule has 1 fully saturated rings. The van der Waals surface area contributed by atoms with Gasteiger partial charge in [-0.05, 0) is 66.3 Å². The molecule has 0 radical (unpaired) electrons. The predicted molar refractivity (Wildman–Crippen MR) is 139 cm³/mol. The smallest absolute Gasteiger partial charge is 0.338 e. The Hall–Kier alpha value is -3.28. The maximum absolute atomic E-state index is 12.4. The Labute approximate surface area is 213 Å². The van der Waals surface area contributed by atoms with Crippen LogP contribution in [0.4, 0.5) is 0 Å². The summed E-state index contributed by atoms with van der Waals surface area (Å²) < 4.78 is 16.5. The number of aromatic amines is 1. The lowest BCUT2D eigenvalue weighted by molar-refractivity contribution is -0.378. The number of fused-ring (bicyclic) bond motifs is 1. The Morgan fingerprint density at radius 1 is 1.03 bits per heavy atom. The van der Waals surface area contributed by atoms with Crippen LogP contribution >= 0.6 is 0 Å². The maximum Gasteiger partial charge on any atom is 0.338 e. The first-order chi connectivity index (χ1) is 17.7. The van der Waals surface area contributed by atoms with E-state index in [1.165, 1.54) is 35.8 Å². The van der Waals surface area contributed by atoms with Crippen LogP contribution in [-0.4, -0.2) is 32.6 Å². The normalized spacial score (nSPS) is 19.3. The molecule has 2 heterocycles. The third-order valence-corrected chi connectivity index (χ3v) is 7.14. The molecule has 1 N–H and O–H groups in total. The molecule has 0 bridgehead atoms. The number of ether oxygens (including phenoxy) is 3. The van der Waals surface area contributed by atoms with Gasteiger partial charge in [-0.25, -0.2) is 9.78 Å². The lowest BCUT2D eigenvalue weighted by Crippen LogP contribution is -2.22. The van der Waals surface area contributed by atoms with E-state index in [9.17, 15) is 4.79 Å². The number of aromatic nitrogens is 1. The van der Waals surface area contributed by atoms with Crippen LogP contribution in [0, 0.1) is 0 Å². The number of carbonyl (C=O) groups excluding carboxylic acids is 1. The second kappa shape index (κ2) is 11.6. The van der Waals surface area contributed by atoms with Crippen molar-refractivity contribution in [2.24, 2.45) is 0 Å². The number of hydrogen-bond donors (Lipinski definition) is 0. The molecule has 5 nitrogen and oxygen atoms in total. The highest BCUT2D eigenvalue weighted by Gasteiger charge is 2.27. The molecule has 0 amide bonds. The number of carbonyl (C=O) groups is 1. The van der Waals surface area contributed by atoms with Crippen molar-refractivity contribution in [3.8, 4) is 11.1 Å². The van der Waals surface area contributed by atoms with Gasteiger partial charge in [0.25, 0.3) is 0 Å². The van der Waals surface area contributed by atoms with Crippen LogP contribution < -0.4 is 4.98 Å². The monoisotopic (exact) mass is 484 g/mol. The summed E-state index contributed by atoms with van der Waals surface area (Å²) in [6.45, 7) is 1.57. The first-order valence-corrected chi connectivity index (χ1v) is 12.9. The van der Waals surface area contributed by atoms with Gasteiger partial charge in [-0.1, -0.05) is 54.6 Å². The Morgan fingerprint density at radius 3 is 2.53 bits per heavy atom. The number of H-pyrrole nitrogens is 1. The van der Waals surface area contributed by atoms with Crippen LogP contribution in [0.2, 0.25) is 0 Å². The van der Waals surface area contributed by atoms with E-state index in [1.807, 2.05) is 24.5 Å². The van der Waals surface area contributed by atoms with Crippen LogP contribution in [0.15, 0.2) is 73.1 Å². The van der Waals surface area contributed by atoms with Gasteiger partial charge < -0.3 is 14.2 Å². The van der Waals surface area contributed by atoms with Gasteiger partial charge in [0.05, 0.1) is 24.9 Å². The first kappa shape index (κ1) is 24.4. The Bertz CT molecular complexity index is 1190. The van der Waals surface area contributed by atoms with E-state index in [0.29, 0.717) is 5.57 Å². The summed E-state index contributed by atoms with van der Waals surface area (Å²) in [5.74, 6) is -0.169. The fourth-order valence-corrected chi connectivity index (χ4v) is 5.10. The fraction of sp³-hybridized carbons (Fsp3) is 0.355. The molecular weight excluding hydrogens is 450 g/mol. The lowest BCUT2D eigenvalue weighted by Gasteiger charge is -2.22. The zero-order valence-corrected chi connectivity index (χ0v) is 20.9. The molecule has 2 aromatic carbocycles. The molecule has 186 valence electrons. The van der Waals surface area contributed by atoms with Crippen molar-refractivity contribution in [1.82, 2.24) is 0 Å². The third kappa shape index (κ3) is 5.75. The second-order valence-corrected chi connectivity index (χ2v) is 9.56. The number of allylic oxidation sites excluding steroid dienone is 1. The standard InChI is InChI=1S/C31H33NO4/c1-34-31(33)28-20-27(19-26-15-16-32-21-29(26)28)25-13-11-24(12-14-25)23-9-7-22(8-10-23)5-4-18-36-30-6-2-3-17-35-30/h7-16,20-21,27,30H,2-6,17-19H2,1H3/p+1. The zero-order chi connectivity index (χ0) is 24.7. The molecule has 2 aliphatic rings. The molecule has 5 heteroatoms. The Kier molecular flexibility index (Phi) is 7.89. The maximum atomic E-state index is 12.4. The molecule has 1 aromatic heterocycles. The molecule has 0 saturated carbocycles. The molecule has 0 spiro atoms. The van der Waals surface area contributed by atoms with Gasteiger partial charge in [-0.3, -0.25) is 0 Å². The highest BCUT2D eigenvalue weighted by molar-refractivity contribution is 6.17. The van der Waals surface area contributed by atoms with Crippen molar-refractivity contribution >= 4 is 11.5 Å². The number of rotatable bonds is 8. The van der Waals surface area contributed by atoms with Crippen LogP contribution in [0.1, 0.15) is 53.9 Å². The van der Waals surface area contributed by atoms with Crippen LogP contribution in [0.5, 0.6) is 0 Å². The Balaban J connectivity index is 1.21. The summed E-state index contributed by atoms with van der Waals surface area (Å²) in [7, 11) is 1.43. The Morgan fingerprint density at radius 2 is 1.81 bits per heavy atom. The number of aryl methyl sites for hydroxylation is 1. The molecule has 3 aromatic rings. The SMILES string of the molecule is COC(=O)C1=CC(c2ccc(-c3ccc(CCCOC4CCCCO4)cc3)cc2)Cc2cc[nH+]cc21. The number of pyridine rings is 1. The van der Waals surface area contributed by atoms with E-state index in [4.69, 9.17) is 14.2 Å². The van der Waals surface area contributed by atoms with E-state index in [2.05, 4.69) is 53.5 Å². The number of benzene rings is 2. The lowest BCUT2D eigenvalue weighted by atomic mass is 9.82. The summed E-state index contributed by atoms with van der Waals surface area (Å²) in [4.78, 5) is 15.5. The van der Waals surface area contributed by atoms with E-state index in [1.54, 1.807) is 0 Å². The average Bonchev–Trinajstić information content (AvgIpc) is 2.95. The molecule has 1 saturated heterocycles. The second-order valence-electron chi connectivity index (χ2n) is 9.56. The van der Waals surface area contributed by atoms with Gasteiger partial charge in [0.1, 0.15) is 0 Å². The highest BCUT2D eigenvalue weighted by atomic mass is 16.7. The summed E-state index contributed by atoms with van der Waals surface area (Å²) in [6.07, 6.45) is 12.0. The molecule has 1 aliphatic heterocycles. The molecule has 36 heavy (non-hydrogen) atoms. The molecule has 2 atom stereocenters. The molecule has 2 unspecified atom stereocenters. The van der Waals surface area contributed by atoms with Crippen LogP contribution in [0.25, 0.3) is 16.7 Å². The summed E-state index contributed by atoms with van der Waals surface area (Å²) in [6, 6.07) is 19.5. The van der Waals surface area contributed by atoms with Crippen LogP contribution in [0.3, 0.4) is 0 Å². The molecular formula is C31H34NO4+. The van der Waals surface area contributed by atoms with Gasteiger partial charge in [0.2, 0.25) is 0 Å².